The van der Waals surface area contributed by atoms with E-state index >= 15 is 0 Å². The molecule has 0 aliphatic rings. The van der Waals surface area contributed by atoms with E-state index in [-0.39, 0.29) is 95.8 Å². The summed E-state index contributed by atoms with van der Waals surface area (Å²) in [6.07, 6.45) is -0.973. The maximum Gasteiger partial charge on any atom is 0.431 e. The lowest BCUT2D eigenvalue weighted by atomic mass is 10.4. The molecule has 0 radical (unpaired) electrons. The Balaban J connectivity index is 0. The molecule has 10 amide bonds. The molecule has 0 fully saturated rings. The van der Waals surface area contributed by atoms with Gasteiger partial charge < -0.3 is 42.4 Å². The van der Waals surface area contributed by atoms with Gasteiger partial charge in [0.15, 0.2) is 0 Å². The van der Waals surface area contributed by atoms with Crippen LogP contribution in [0.1, 0.15) is 53.4 Å². The molecule has 0 heterocycles. The second-order valence-corrected chi connectivity index (χ2v) is 9.07. The zero-order chi connectivity index (χ0) is 37.1. The Labute approximate surface area is 279 Å². The number of hydrazine groups is 2. The fourth-order valence-electron chi connectivity index (χ4n) is 3.07. The van der Waals surface area contributed by atoms with Crippen LogP contribution in [-0.4, -0.2) is 134 Å². The highest BCUT2D eigenvalue weighted by atomic mass is 16.7. The van der Waals surface area contributed by atoms with Crippen molar-refractivity contribution in [2.75, 3.05) is 66.5 Å². The molecule has 0 aromatic rings. The van der Waals surface area contributed by atoms with Gasteiger partial charge in [-0.25, -0.2) is 30.0 Å². The molecule has 0 rings (SSSR count). The van der Waals surface area contributed by atoms with E-state index in [1.54, 1.807) is 27.7 Å². The van der Waals surface area contributed by atoms with Crippen molar-refractivity contribution in [1.82, 2.24) is 52.3 Å². The fourth-order valence-corrected chi connectivity index (χ4v) is 3.07. The SMILES string of the molecule is CCC(=O)N(CCNC(=O)NN(CCN)C(=O)CC)NC(=O)NC.CCC(=O)N(CCNC(=O)ON(CCN)C(=O)CC)OC(=O)NC. The lowest BCUT2D eigenvalue weighted by Gasteiger charge is -2.24. The number of urea groups is 2. The van der Waals surface area contributed by atoms with Crippen LogP contribution in [0.4, 0.5) is 19.2 Å². The molecule has 0 aliphatic heterocycles. The van der Waals surface area contributed by atoms with E-state index in [1.807, 2.05) is 0 Å². The smallest absolute Gasteiger partial charge is 0.340 e. The number of hydrogen-bond acceptors (Lipinski definition) is 12. The number of nitrogens with two attached hydrogens (primary N) is 2. The van der Waals surface area contributed by atoms with Gasteiger partial charge in [0.05, 0.1) is 26.2 Å². The number of hydrogen-bond donors (Lipinski definition) is 8. The number of rotatable bonds is 14. The molecule has 0 spiro atoms. The zero-order valence-corrected chi connectivity index (χ0v) is 28.5. The van der Waals surface area contributed by atoms with Crippen molar-refractivity contribution in [1.29, 1.82) is 0 Å². The van der Waals surface area contributed by atoms with Crippen LogP contribution in [0.5, 0.6) is 0 Å². The van der Waals surface area contributed by atoms with E-state index in [2.05, 4.69) is 32.1 Å². The lowest BCUT2D eigenvalue weighted by Crippen LogP contribution is -2.54. The topological polar surface area (TPSA) is 292 Å². The summed E-state index contributed by atoms with van der Waals surface area (Å²) in [6, 6.07) is -1.14. The molecule has 0 unspecified atom stereocenters. The maximum atomic E-state index is 11.8. The van der Waals surface area contributed by atoms with Crippen LogP contribution in [0.25, 0.3) is 0 Å². The van der Waals surface area contributed by atoms with Gasteiger partial charge in [-0.15, -0.1) is 0 Å². The summed E-state index contributed by atoms with van der Waals surface area (Å²) in [4.78, 5) is 102. The normalized spacial score (nSPS) is 9.67. The number of amides is 10. The van der Waals surface area contributed by atoms with E-state index in [4.69, 9.17) is 21.1 Å². The Kier molecular flexibility index (Phi) is 25.3. The number of carbonyl (C=O) groups excluding carboxylic acids is 8. The van der Waals surface area contributed by atoms with E-state index in [0.717, 1.165) is 20.1 Å². The van der Waals surface area contributed by atoms with Crippen LogP contribution in [-0.2, 0) is 28.9 Å². The molecule has 0 aromatic heterocycles. The van der Waals surface area contributed by atoms with E-state index in [1.165, 1.54) is 14.1 Å². The van der Waals surface area contributed by atoms with Crippen LogP contribution in [0.15, 0.2) is 0 Å². The Hall–Kier alpha value is -5.12. The first kappa shape index (κ1) is 45.0. The van der Waals surface area contributed by atoms with E-state index in [9.17, 15) is 38.4 Å². The standard InChI is InChI=1S/C13H27N7O4.C13H25N5O6/c1-4-10(21)19(8-6-14)18-13(24)16-7-9-20(11(22)5-2)17-12(23)15-3;1-4-10(19)17(8-6-14)24-13(22)16-7-9-18(11(20)5-2)23-12(21)15-3/h4-9,14H2,1-3H3,(H2,15,17,23)(H2,16,18,24);4-9,14H2,1-3H3,(H,15,21)(H,16,22). The third kappa shape index (κ3) is 20.1. The van der Waals surface area contributed by atoms with Gasteiger partial charge in [-0.1, -0.05) is 27.7 Å². The first-order chi connectivity index (χ1) is 22.8. The zero-order valence-electron chi connectivity index (χ0n) is 28.5. The Morgan fingerprint density at radius 2 is 0.958 bits per heavy atom. The van der Waals surface area contributed by atoms with Crippen LogP contribution in [0.2, 0.25) is 0 Å². The Morgan fingerprint density at radius 3 is 1.42 bits per heavy atom. The first-order valence-electron chi connectivity index (χ1n) is 15.3. The minimum absolute atomic E-state index is 0.0433. The highest BCUT2D eigenvalue weighted by Crippen LogP contribution is 1.98. The highest BCUT2D eigenvalue weighted by Gasteiger charge is 2.20. The summed E-state index contributed by atoms with van der Waals surface area (Å²) in [6.45, 7) is 7.20. The van der Waals surface area contributed by atoms with Gasteiger partial charge in [-0.2, -0.15) is 10.1 Å². The van der Waals surface area contributed by atoms with Crippen LogP contribution in [0, 0.1) is 0 Å². The van der Waals surface area contributed by atoms with Crippen molar-refractivity contribution < 1.29 is 48.0 Å². The monoisotopic (exact) mass is 692 g/mol. The van der Waals surface area contributed by atoms with Crippen LogP contribution >= 0.6 is 0 Å². The van der Waals surface area contributed by atoms with Crippen molar-refractivity contribution in [2.45, 2.75) is 53.4 Å². The molecular weight excluding hydrogens is 640 g/mol. The molecule has 22 heteroatoms. The van der Waals surface area contributed by atoms with Gasteiger partial charge in [0, 0.05) is 66.0 Å². The predicted octanol–water partition coefficient (Wildman–Crippen LogP) is -2.18. The third-order valence-electron chi connectivity index (χ3n) is 5.55. The summed E-state index contributed by atoms with van der Waals surface area (Å²) < 4.78 is 0. The molecule has 0 saturated carbocycles. The second-order valence-electron chi connectivity index (χ2n) is 9.07. The molecule has 0 atom stereocenters. The van der Waals surface area contributed by atoms with Crippen LogP contribution < -0.4 is 43.6 Å². The van der Waals surface area contributed by atoms with Crippen molar-refractivity contribution in [3.05, 3.63) is 0 Å². The molecule has 0 saturated heterocycles. The number of nitrogens with zero attached hydrogens (tertiary/aromatic N) is 4. The average Bonchev–Trinajstić information content (AvgIpc) is 3.08. The minimum atomic E-state index is -0.880. The first-order valence-corrected chi connectivity index (χ1v) is 15.3. The van der Waals surface area contributed by atoms with Crippen molar-refractivity contribution in [3.8, 4) is 0 Å². The second kappa shape index (κ2) is 27.0. The molecule has 0 aliphatic carbocycles. The number of nitrogens with one attached hydrogen (secondary N) is 6. The molecule has 10 N–H and O–H groups in total. The molecular formula is C26H52N12O10. The summed E-state index contributed by atoms with van der Waals surface area (Å²) >= 11 is 0. The summed E-state index contributed by atoms with van der Waals surface area (Å²) in [5.41, 5.74) is 15.5. The summed E-state index contributed by atoms with van der Waals surface area (Å²) in [5, 5.41) is 13.3. The Morgan fingerprint density at radius 1 is 0.521 bits per heavy atom. The Bertz CT molecular complexity index is 969. The van der Waals surface area contributed by atoms with Gasteiger partial charge in [0.25, 0.3) is 11.8 Å². The van der Waals surface area contributed by atoms with E-state index in [0.29, 0.717) is 0 Å². The maximum absolute atomic E-state index is 11.8. The minimum Gasteiger partial charge on any atom is -0.340 e. The highest BCUT2D eigenvalue weighted by molar-refractivity contribution is 5.82. The van der Waals surface area contributed by atoms with Crippen LogP contribution in [0.3, 0.4) is 0 Å². The summed E-state index contributed by atoms with van der Waals surface area (Å²) in [5.74, 6) is -1.38. The van der Waals surface area contributed by atoms with E-state index < -0.39 is 30.2 Å². The average molecular weight is 693 g/mol. The third-order valence-corrected chi connectivity index (χ3v) is 5.55. The molecule has 22 nitrogen and oxygen atoms in total. The van der Waals surface area contributed by atoms with Gasteiger partial charge in [0.2, 0.25) is 11.8 Å². The molecule has 0 bridgehead atoms. The number of carbonyl (C=O) groups is 8. The lowest BCUT2D eigenvalue weighted by molar-refractivity contribution is -0.166. The molecule has 0 aromatic carbocycles. The van der Waals surface area contributed by atoms with Gasteiger partial charge in [-0.05, 0) is 0 Å². The van der Waals surface area contributed by atoms with Crippen molar-refractivity contribution >= 4 is 47.9 Å². The van der Waals surface area contributed by atoms with Gasteiger partial charge in [0.1, 0.15) is 0 Å². The molecule has 276 valence electrons. The van der Waals surface area contributed by atoms with Gasteiger partial charge in [-0.3, -0.25) is 29.2 Å². The number of hydroxylamine groups is 4. The molecule has 48 heavy (non-hydrogen) atoms. The van der Waals surface area contributed by atoms with Gasteiger partial charge >= 0.3 is 24.2 Å². The summed E-state index contributed by atoms with van der Waals surface area (Å²) in [7, 11) is 2.77. The van der Waals surface area contributed by atoms with Crippen molar-refractivity contribution in [3.63, 3.8) is 0 Å². The quantitative estimate of drug-likeness (QED) is 0.0902. The van der Waals surface area contributed by atoms with Crippen molar-refractivity contribution in [2.24, 2.45) is 11.5 Å². The predicted molar refractivity (Wildman–Crippen MR) is 170 cm³/mol. The largest absolute Gasteiger partial charge is 0.431 e. The fraction of sp³-hybridized carbons (Fsp3) is 0.692.